The summed E-state index contributed by atoms with van der Waals surface area (Å²) in [6.07, 6.45) is -3.87. The van der Waals surface area contributed by atoms with E-state index < -0.39 is 18.5 Å². The predicted molar refractivity (Wildman–Crippen MR) is 63.1 cm³/mol. The fourth-order valence-corrected chi connectivity index (χ4v) is 1.73. The van der Waals surface area contributed by atoms with Gasteiger partial charge in [-0.3, -0.25) is 0 Å². The Morgan fingerprint density at radius 1 is 1.22 bits per heavy atom. The number of hydrogen-bond acceptors (Lipinski definition) is 2. The predicted octanol–water partition coefficient (Wildman–Crippen LogP) is 2.72. The first-order valence-corrected chi connectivity index (χ1v) is 5.67. The molecule has 0 aliphatic heterocycles. The van der Waals surface area contributed by atoms with E-state index in [1.807, 2.05) is 0 Å². The number of nitrogens with zero attached hydrogens (tertiary/aromatic N) is 1. The zero-order valence-electron chi connectivity index (χ0n) is 10.1. The molecule has 0 radical (unpaired) electrons. The van der Waals surface area contributed by atoms with Crippen LogP contribution >= 0.6 is 0 Å². The van der Waals surface area contributed by atoms with E-state index in [2.05, 4.69) is 0 Å². The summed E-state index contributed by atoms with van der Waals surface area (Å²) in [5.41, 5.74) is 6.19. The summed E-state index contributed by atoms with van der Waals surface area (Å²) in [5, 5.41) is 0. The van der Waals surface area contributed by atoms with Gasteiger partial charge in [0, 0.05) is 12.2 Å². The van der Waals surface area contributed by atoms with Gasteiger partial charge in [-0.25, -0.2) is 4.39 Å². The maximum absolute atomic E-state index is 13.3. The summed E-state index contributed by atoms with van der Waals surface area (Å²) in [4.78, 5) is 1.09. The van der Waals surface area contributed by atoms with Gasteiger partial charge in [-0.1, -0.05) is 0 Å². The highest BCUT2D eigenvalue weighted by Gasteiger charge is 2.30. The van der Waals surface area contributed by atoms with Crippen LogP contribution in [0.25, 0.3) is 0 Å². The Bertz CT molecular complexity index is 390. The van der Waals surface area contributed by atoms with Crippen LogP contribution in [0.2, 0.25) is 0 Å². The summed E-state index contributed by atoms with van der Waals surface area (Å²) in [5.74, 6) is -0.545. The van der Waals surface area contributed by atoms with Crippen molar-refractivity contribution in [2.24, 2.45) is 5.73 Å². The standard InChI is InChI=1S/C12H16F4N2/c1-2-18(8-12(14,15)16)11-6-9(3-4-17)5-10(13)7-11/h5-7H,2-4,8,17H2,1H3. The van der Waals surface area contributed by atoms with Crippen LogP contribution in [0.5, 0.6) is 0 Å². The minimum absolute atomic E-state index is 0.158. The fourth-order valence-electron chi connectivity index (χ4n) is 1.73. The summed E-state index contributed by atoms with van der Waals surface area (Å²) >= 11 is 0. The van der Waals surface area contributed by atoms with Gasteiger partial charge < -0.3 is 10.6 Å². The Kier molecular flexibility index (Phi) is 4.95. The van der Waals surface area contributed by atoms with Crippen molar-refractivity contribution < 1.29 is 17.6 Å². The molecular formula is C12H16F4N2. The van der Waals surface area contributed by atoms with E-state index in [0.29, 0.717) is 18.5 Å². The van der Waals surface area contributed by atoms with E-state index in [9.17, 15) is 17.6 Å². The Hall–Kier alpha value is -1.30. The van der Waals surface area contributed by atoms with Crippen molar-refractivity contribution in [2.45, 2.75) is 19.5 Å². The summed E-state index contributed by atoms with van der Waals surface area (Å²) in [6.45, 7) is 0.994. The molecule has 0 unspecified atom stereocenters. The molecule has 0 aromatic heterocycles. The van der Waals surface area contributed by atoms with Crippen molar-refractivity contribution in [3.05, 3.63) is 29.6 Å². The third-order valence-corrected chi connectivity index (χ3v) is 2.49. The zero-order valence-corrected chi connectivity index (χ0v) is 10.1. The van der Waals surface area contributed by atoms with Crippen molar-refractivity contribution in [2.75, 3.05) is 24.5 Å². The molecule has 0 saturated carbocycles. The van der Waals surface area contributed by atoms with Gasteiger partial charge in [0.1, 0.15) is 12.4 Å². The minimum atomic E-state index is -4.31. The first kappa shape index (κ1) is 14.8. The second kappa shape index (κ2) is 6.04. The topological polar surface area (TPSA) is 29.3 Å². The Morgan fingerprint density at radius 2 is 1.89 bits per heavy atom. The molecule has 0 saturated heterocycles. The fraction of sp³-hybridized carbons (Fsp3) is 0.500. The third-order valence-electron chi connectivity index (χ3n) is 2.49. The largest absolute Gasteiger partial charge is 0.405 e. The van der Waals surface area contributed by atoms with Crippen LogP contribution in [0.3, 0.4) is 0 Å². The lowest BCUT2D eigenvalue weighted by atomic mass is 10.1. The van der Waals surface area contributed by atoms with E-state index in [1.54, 1.807) is 13.0 Å². The van der Waals surface area contributed by atoms with Gasteiger partial charge in [-0.05, 0) is 43.7 Å². The smallest absolute Gasteiger partial charge is 0.363 e. The highest BCUT2D eigenvalue weighted by Crippen LogP contribution is 2.24. The van der Waals surface area contributed by atoms with Gasteiger partial charge in [0.15, 0.2) is 0 Å². The zero-order chi connectivity index (χ0) is 13.8. The molecule has 0 spiro atoms. The Balaban J connectivity index is 2.98. The third kappa shape index (κ3) is 4.52. The highest BCUT2D eigenvalue weighted by atomic mass is 19.4. The molecular weight excluding hydrogens is 248 g/mol. The maximum Gasteiger partial charge on any atom is 0.405 e. The molecule has 0 aliphatic rings. The number of hydrogen-bond donors (Lipinski definition) is 1. The van der Waals surface area contributed by atoms with Gasteiger partial charge in [-0.2, -0.15) is 13.2 Å². The number of halogens is 4. The first-order valence-electron chi connectivity index (χ1n) is 5.67. The lowest BCUT2D eigenvalue weighted by Crippen LogP contribution is -2.34. The van der Waals surface area contributed by atoms with E-state index in [-0.39, 0.29) is 12.2 Å². The van der Waals surface area contributed by atoms with Gasteiger partial charge in [0.05, 0.1) is 0 Å². The van der Waals surface area contributed by atoms with Crippen LogP contribution in [-0.4, -0.2) is 25.8 Å². The summed E-state index contributed by atoms with van der Waals surface area (Å²) in [6, 6.07) is 3.94. The number of nitrogens with two attached hydrogens (primary N) is 1. The number of anilines is 1. The molecule has 1 aromatic rings. The molecule has 6 heteroatoms. The average Bonchev–Trinajstić information content (AvgIpc) is 2.24. The first-order chi connectivity index (χ1) is 8.35. The number of rotatable bonds is 5. The SMILES string of the molecule is CCN(CC(F)(F)F)c1cc(F)cc(CCN)c1. The number of alkyl halides is 3. The molecule has 2 N–H and O–H groups in total. The van der Waals surface area contributed by atoms with Gasteiger partial charge in [0.2, 0.25) is 0 Å². The van der Waals surface area contributed by atoms with Crippen LogP contribution in [0, 0.1) is 5.82 Å². The molecule has 1 aromatic carbocycles. The van der Waals surface area contributed by atoms with Crippen molar-refractivity contribution >= 4 is 5.69 Å². The van der Waals surface area contributed by atoms with Crippen LogP contribution in [0.4, 0.5) is 23.2 Å². The normalized spacial score (nSPS) is 11.7. The molecule has 0 atom stereocenters. The van der Waals surface area contributed by atoms with Crippen molar-refractivity contribution in [1.82, 2.24) is 0 Å². The summed E-state index contributed by atoms with van der Waals surface area (Å²) < 4.78 is 50.4. The lowest BCUT2D eigenvalue weighted by molar-refractivity contribution is -0.119. The molecule has 102 valence electrons. The molecule has 0 aliphatic carbocycles. The van der Waals surface area contributed by atoms with Gasteiger partial charge in [0.25, 0.3) is 0 Å². The second-order valence-electron chi connectivity index (χ2n) is 3.99. The van der Waals surface area contributed by atoms with Crippen molar-refractivity contribution in [1.29, 1.82) is 0 Å². The molecule has 2 nitrogen and oxygen atoms in total. The molecule has 18 heavy (non-hydrogen) atoms. The Morgan fingerprint density at radius 3 is 2.39 bits per heavy atom. The monoisotopic (exact) mass is 264 g/mol. The Labute approximate surface area is 103 Å². The molecule has 0 amide bonds. The van der Waals surface area contributed by atoms with Crippen LogP contribution in [-0.2, 0) is 6.42 Å². The molecule has 0 bridgehead atoms. The average molecular weight is 264 g/mol. The minimum Gasteiger partial charge on any atom is -0.363 e. The van der Waals surface area contributed by atoms with Crippen LogP contribution < -0.4 is 10.6 Å². The molecule has 1 rings (SSSR count). The van der Waals surface area contributed by atoms with Crippen LogP contribution in [0.1, 0.15) is 12.5 Å². The molecule has 0 heterocycles. The van der Waals surface area contributed by atoms with E-state index >= 15 is 0 Å². The summed E-state index contributed by atoms with van der Waals surface area (Å²) in [7, 11) is 0. The van der Waals surface area contributed by atoms with Crippen LogP contribution in [0.15, 0.2) is 18.2 Å². The van der Waals surface area contributed by atoms with E-state index in [0.717, 1.165) is 11.0 Å². The van der Waals surface area contributed by atoms with Crippen molar-refractivity contribution in [3.63, 3.8) is 0 Å². The van der Waals surface area contributed by atoms with Gasteiger partial charge in [-0.15, -0.1) is 0 Å². The quantitative estimate of drug-likeness (QED) is 0.828. The maximum atomic E-state index is 13.3. The second-order valence-corrected chi connectivity index (χ2v) is 3.99. The van der Waals surface area contributed by atoms with Crippen molar-refractivity contribution in [3.8, 4) is 0 Å². The highest BCUT2D eigenvalue weighted by molar-refractivity contribution is 5.49. The number of benzene rings is 1. The van der Waals surface area contributed by atoms with E-state index in [4.69, 9.17) is 5.73 Å². The van der Waals surface area contributed by atoms with E-state index in [1.165, 1.54) is 6.07 Å². The molecule has 0 fully saturated rings. The lowest BCUT2D eigenvalue weighted by Gasteiger charge is -2.25. The van der Waals surface area contributed by atoms with Gasteiger partial charge >= 0.3 is 6.18 Å².